The van der Waals surface area contributed by atoms with E-state index in [0.717, 1.165) is 0 Å². The van der Waals surface area contributed by atoms with E-state index in [4.69, 9.17) is 0 Å². The third-order valence-corrected chi connectivity index (χ3v) is 4.06. The maximum Gasteiger partial charge on any atom is 0.0201 e. The first-order valence-corrected chi connectivity index (χ1v) is 7.61. The van der Waals surface area contributed by atoms with E-state index in [1.165, 1.54) is 38.9 Å². The number of unbranched alkanes of at least 4 members (excludes halogenated alkanes) is 1. The highest BCUT2D eigenvalue weighted by Gasteiger charge is 2.31. The molecule has 0 aromatic rings. The second-order valence-corrected chi connectivity index (χ2v) is 7.84. The quantitative estimate of drug-likeness (QED) is 0.646. The van der Waals surface area contributed by atoms with Crippen molar-refractivity contribution in [3.05, 3.63) is 11.1 Å². The van der Waals surface area contributed by atoms with Gasteiger partial charge in [-0.25, -0.2) is 0 Å². The Kier molecular flexibility index (Phi) is 5.05. The van der Waals surface area contributed by atoms with Crippen LogP contribution in [0, 0.1) is 10.8 Å². The molecule has 0 radical (unpaired) electrons. The summed E-state index contributed by atoms with van der Waals surface area (Å²) in [4.78, 5) is 2.65. The van der Waals surface area contributed by atoms with Crippen LogP contribution in [0.1, 0.15) is 67.7 Å². The fourth-order valence-electron chi connectivity index (χ4n) is 2.91. The van der Waals surface area contributed by atoms with E-state index in [-0.39, 0.29) is 0 Å². The molecule has 0 fully saturated rings. The molecule has 0 aliphatic carbocycles. The van der Waals surface area contributed by atoms with Crippen LogP contribution < -0.4 is 0 Å². The summed E-state index contributed by atoms with van der Waals surface area (Å²) in [5, 5.41) is 0. The lowest BCUT2D eigenvalue weighted by atomic mass is 9.72. The number of rotatable bonds is 3. The second-order valence-electron chi connectivity index (χ2n) is 7.84. The first kappa shape index (κ1) is 15.8. The molecule has 1 heterocycles. The van der Waals surface area contributed by atoms with Crippen molar-refractivity contribution < 1.29 is 0 Å². The van der Waals surface area contributed by atoms with Gasteiger partial charge in [0.1, 0.15) is 0 Å². The first-order chi connectivity index (χ1) is 8.16. The van der Waals surface area contributed by atoms with Crippen molar-refractivity contribution in [2.75, 3.05) is 19.6 Å². The molecule has 0 unspecified atom stereocenters. The molecule has 1 aliphatic rings. The second kappa shape index (κ2) is 5.77. The SMILES string of the molecule is CCCCN1CCC(C(C)(C)C)=C(C(C)(C)C)C1. The zero-order chi connectivity index (χ0) is 14.0. The van der Waals surface area contributed by atoms with E-state index in [0.29, 0.717) is 10.8 Å². The van der Waals surface area contributed by atoms with Gasteiger partial charge in [-0.2, -0.15) is 0 Å². The highest BCUT2D eigenvalue weighted by Crippen LogP contribution is 2.40. The standard InChI is InChI=1S/C17H33N/c1-8-9-11-18-12-10-14(16(2,3)4)15(13-18)17(5,6)7/h8-13H2,1-7H3. The van der Waals surface area contributed by atoms with Gasteiger partial charge in [0.25, 0.3) is 0 Å². The van der Waals surface area contributed by atoms with Crippen LogP contribution in [0.5, 0.6) is 0 Å². The third-order valence-electron chi connectivity index (χ3n) is 4.06. The van der Waals surface area contributed by atoms with Gasteiger partial charge in [-0.15, -0.1) is 0 Å². The summed E-state index contributed by atoms with van der Waals surface area (Å²) in [5.74, 6) is 0. The summed E-state index contributed by atoms with van der Waals surface area (Å²) in [6.45, 7) is 20.2. The molecule has 1 rings (SSSR count). The Hall–Kier alpha value is -0.300. The topological polar surface area (TPSA) is 3.24 Å². The van der Waals surface area contributed by atoms with Gasteiger partial charge < -0.3 is 0 Å². The van der Waals surface area contributed by atoms with Gasteiger partial charge in [-0.1, -0.05) is 66.0 Å². The molecule has 106 valence electrons. The van der Waals surface area contributed by atoms with Gasteiger partial charge >= 0.3 is 0 Å². The van der Waals surface area contributed by atoms with Crippen molar-refractivity contribution >= 4 is 0 Å². The molecular formula is C17H33N. The average Bonchev–Trinajstić information content (AvgIpc) is 2.23. The minimum absolute atomic E-state index is 0.313. The van der Waals surface area contributed by atoms with Crippen molar-refractivity contribution in [2.45, 2.75) is 67.7 Å². The van der Waals surface area contributed by atoms with Crippen LogP contribution in [0.2, 0.25) is 0 Å². The molecule has 0 N–H and O–H groups in total. The van der Waals surface area contributed by atoms with Crippen molar-refractivity contribution in [1.82, 2.24) is 4.90 Å². The summed E-state index contributed by atoms with van der Waals surface area (Å²) in [5.41, 5.74) is 4.05. The predicted octanol–water partition coefficient (Wildman–Crippen LogP) is 4.88. The highest BCUT2D eigenvalue weighted by atomic mass is 15.1. The number of hydrogen-bond donors (Lipinski definition) is 0. The summed E-state index contributed by atoms with van der Waals surface area (Å²) in [6.07, 6.45) is 3.90. The molecule has 18 heavy (non-hydrogen) atoms. The van der Waals surface area contributed by atoms with E-state index in [1.54, 1.807) is 11.1 Å². The Bertz CT molecular complexity index is 299. The van der Waals surface area contributed by atoms with Crippen molar-refractivity contribution in [1.29, 1.82) is 0 Å². The van der Waals surface area contributed by atoms with Crippen LogP contribution in [0.4, 0.5) is 0 Å². The van der Waals surface area contributed by atoms with Crippen LogP contribution in [-0.4, -0.2) is 24.5 Å². The van der Waals surface area contributed by atoms with Crippen molar-refractivity contribution in [2.24, 2.45) is 10.8 Å². The van der Waals surface area contributed by atoms with Crippen LogP contribution in [0.15, 0.2) is 11.1 Å². The molecule has 1 heteroatoms. The van der Waals surface area contributed by atoms with E-state index in [1.807, 2.05) is 0 Å². The lowest BCUT2D eigenvalue weighted by Crippen LogP contribution is -2.38. The largest absolute Gasteiger partial charge is 0.299 e. The minimum atomic E-state index is 0.313. The van der Waals surface area contributed by atoms with Gasteiger partial charge in [0.2, 0.25) is 0 Å². The van der Waals surface area contributed by atoms with Crippen LogP contribution in [0.3, 0.4) is 0 Å². The number of hydrogen-bond acceptors (Lipinski definition) is 1. The molecule has 1 aliphatic heterocycles. The monoisotopic (exact) mass is 251 g/mol. The van der Waals surface area contributed by atoms with Crippen LogP contribution >= 0.6 is 0 Å². The van der Waals surface area contributed by atoms with Crippen molar-refractivity contribution in [3.8, 4) is 0 Å². The third kappa shape index (κ3) is 4.12. The summed E-state index contributed by atoms with van der Waals surface area (Å²) in [6, 6.07) is 0. The van der Waals surface area contributed by atoms with Crippen molar-refractivity contribution in [3.63, 3.8) is 0 Å². The van der Waals surface area contributed by atoms with Crippen LogP contribution in [-0.2, 0) is 0 Å². The number of nitrogens with zero attached hydrogens (tertiary/aromatic N) is 1. The Morgan fingerprint density at radius 2 is 1.50 bits per heavy atom. The summed E-state index contributed by atoms with van der Waals surface area (Å²) < 4.78 is 0. The molecule has 0 saturated carbocycles. The normalized spacial score (nSPS) is 19.5. The lowest BCUT2D eigenvalue weighted by Gasteiger charge is -2.41. The molecule has 0 amide bonds. The van der Waals surface area contributed by atoms with Gasteiger partial charge in [-0.05, 0) is 30.2 Å². The first-order valence-electron chi connectivity index (χ1n) is 7.61. The minimum Gasteiger partial charge on any atom is -0.299 e. The fourth-order valence-corrected chi connectivity index (χ4v) is 2.91. The molecular weight excluding hydrogens is 218 g/mol. The van der Waals surface area contributed by atoms with Gasteiger partial charge in [-0.3, -0.25) is 4.90 Å². The molecule has 0 atom stereocenters. The molecule has 0 saturated heterocycles. The van der Waals surface area contributed by atoms with E-state index >= 15 is 0 Å². The van der Waals surface area contributed by atoms with Gasteiger partial charge in [0.15, 0.2) is 0 Å². The zero-order valence-electron chi connectivity index (χ0n) is 13.7. The Labute approximate surface area is 115 Å². The Balaban J connectivity index is 2.93. The molecule has 1 nitrogen and oxygen atoms in total. The predicted molar refractivity (Wildman–Crippen MR) is 81.9 cm³/mol. The fraction of sp³-hybridized carbons (Fsp3) is 0.882. The molecule has 0 bridgehead atoms. The van der Waals surface area contributed by atoms with E-state index in [2.05, 4.69) is 53.4 Å². The van der Waals surface area contributed by atoms with E-state index in [9.17, 15) is 0 Å². The van der Waals surface area contributed by atoms with Gasteiger partial charge in [0, 0.05) is 13.1 Å². The van der Waals surface area contributed by atoms with Crippen LogP contribution in [0.25, 0.3) is 0 Å². The Morgan fingerprint density at radius 3 is 1.94 bits per heavy atom. The summed E-state index contributed by atoms with van der Waals surface area (Å²) in [7, 11) is 0. The average molecular weight is 251 g/mol. The smallest absolute Gasteiger partial charge is 0.0201 e. The van der Waals surface area contributed by atoms with E-state index < -0.39 is 0 Å². The van der Waals surface area contributed by atoms with Gasteiger partial charge in [0.05, 0.1) is 0 Å². The maximum atomic E-state index is 2.65. The molecule has 0 spiro atoms. The molecule has 0 aromatic heterocycles. The summed E-state index contributed by atoms with van der Waals surface area (Å²) >= 11 is 0. The highest BCUT2D eigenvalue weighted by molar-refractivity contribution is 5.28. The zero-order valence-corrected chi connectivity index (χ0v) is 13.7. The lowest BCUT2D eigenvalue weighted by molar-refractivity contribution is 0.241. The maximum absolute atomic E-state index is 2.65. The Morgan fingerprint density at radius 1 is 0.944 bits per heavy atom. The molecule has 0 aromatic carbocycles.